The van der Waals surface area contributed by atoms with Crippen LogP contribution in [0.25, 0.3) is 6.08 Å². The molecule has 1 aliphatic carbocycles. The van der Waals surface area contributed by atoms with Gasteiger partial charge < -0.3 is 14.5 Å². The van der Waals surface area contributed by atoms with Crippen molar-refractivity contribution in [3.05, 3.63) is 29.2 Å². The molecular weight excluding hydrogens is 280 g/mol. The molecule has 1 aliphatic heterocycles. The quantitative estimate of drug-likeness (QED) is 0.670. The van der Waals surface area contributed by atoms with Gasteiger partial charge in [0.2, 0.25) is 0 Å². The highest BCUT2D eigenvalue weighted by molar-refractivity contribution is 6.01. The van der Waals surface area contributed by atoms with E-state index in [0.717, 1.165) is 31.6 Å². The molecule has 1 saturated heterocycles. The van der Waals surface area contributed by atoms with Crippen molar-refractivity contribution in [3.8, 4) is 6.07 Å². The number of nitriles is 1. The molecule has 1 saturated carbocycles. The van der Waals surface area contributed by atoms with Gasteiger partial charge in [-0.05, 0) is 37.3 Å². The SMILES string of the molecule is C[C@@H]1C[C@@H]1c1ccc(/C=C(\C#N)C(=O)NC[C@@H]2CCCO2)o1. The number of hydrogen-bond donors (Lipinski definition) is 1. The van der Waals surface area contributed by atoms with Gasteiger partial charge in [-0.3, -0.25) is 4.79 Å². The lowest BCUT2D eigenvalue weighted by Gasteiger charge is -2.09. The van der Waals surface area contributed by atoms with Crippen LogP contribution in [0.3, 0.4) is 0 Å². The summed E-state index contributed by atoms with van der Waals surface area (Å²) in [6, 6.07) is 5.68. The smallest absolute Gasteiger partial charge is 0.262 e. The van der Waals surface area contributed by atoms with Gasteiger partial charge in [0.1, 0.15) is 23.2 Å². The van der Waals surface area contributed by atoms with Crippen LogP contribution in [-0.4, -0.2) is 25.2 Å². The van der Waals surface area contributed by atoms with E-state index in [0.29, 0.717) is 24.1 Å². The molecule has 1 amide bonds. The van der Waals surface area contributed by atoms with Crippen molar-refractivity contribution >= 4 is 12.0 Å². The first-order valence-electron chi connectivity index (χ1n) is 7.78. The molecule has 1 aromatic rings. The molecule has 0 radical (unpaired) electrons. The number of hydrogen-bond acceptors (Lipinski definition) is 4. The van der Waals surface area contributed by atoms with Crippen molar-refractivity contribution in [1.29, 1.82) is 5.26 Å². The monoisotopic (exact) mass is 300 g/mol. The van der Waals surface area contributed by atoms with Crippen LogP contribution in [0.15, 0.2) is 22.1 Å². The first-order chi connectivity index (χ1) is 10.7. The Morgan fingerprint density at radius 1 is 1.55 bits per heavy atom. The predicted molar refractivity (Wildman–Crippen MR) is 80.8 cm³/mol. The summed E-state index contributed by atoms with van der Waals surface area (Å²) in [5, 5.41) is 11.9. The Hall–Kier alpha value is -2.06. The molecule has 2 aliphatic rings. The number of amides is 1. The first-order valence-corrected chi connectivity index (χ1v) is 7.78. The molecule has 3 atom stereocenters. The van der Waals surface area contributed by atoms with Crippen molar-refractivity contribution in [1.82, 2.24) is 5.32 Å². The molecule has 5 nitrogen and oxygen atoms in total. The highest BCUT2D eigenvalue weighted by atomic mass is 16.5. The third-order valence-electron chi connectivity index (χ3n) is 4.29. The predicted octanol–water partition coefficient (Wildman–Crippen LogP) is 2.61. The normalized spacial score (nSPS) is 27.5. The summed E-state index contributed by atoms with van der Waals surface area (Å²) in [4.78, 5) is 12.0. The number of nitrogens with one attached hydrogen (secondary N) is 1. The summed E-state index contributed by atoms with van der Waals surface area (Å²) in [5.74, 6) is 2.26. The van der Waals surface area contributed by atoms with Gasteiger partial charge in [0.15, 0.2) is 0 Å². The van der Waals surface area contributed by atoms with E-state index in [2.05, 4.69) is 12.2 Å². The number of furan rings is 1. The summed E-state index contributed by atoms with van der Waals surface area (Å²) < 4.78 is 11.2. The minimum atomic E-state index is -0.379. The van der Waals surface area contributed by atoms with E-state index in [-0.39, 0.29) is 17.6 Å². The fourth-order valence-electron chi connectivity index (χ4n) is 2.76. The zero-order valence-electron chi connectivity index (χ0n) is 12.7. The first kappa shape index (κ1) is 14.9. The van der Waals surface area contributed by atoms with Crippen LogP contribution < -0.4 is 5.32 Å². The maximum Gasteiger partial charge on any atom is 0.262 e. The Labute approximate surface area is 129 Å². The van der Waals surface area contributed by atoms with Crippen molar-refractivity contribution in [3.63, 3.8) is 0 Å². The Bertz CT molecular complexity index is 620. The Kier molecular flexibility index (Phi) is 4.30. The Balaban J connectivity index is 1.60. The fraction of sp³-hybridized carbons (Fsp3) is 0.529. The highest BCUT2D eigenvalue weighted by Gasteiger charge is 2.36. The molecule has 3 rings (SSSR count). The molecule has 0 spiro atoms. The number of nitrogens with zero attached hydrogens (tertiary/aromatic N) is 1. The Morgan fingerprint density at radius 2 is 2.36 bits per heavy atom. The van der Waals surface area contributed by atoms with Crippen molar-refractivity contribution in [2.75, 3.05) is 13.2 Å². The molecule has 5 heteroatoms. The van der Waals surface area contributed by atoms with Gasteiger partial charge in [-0.15, -0.1) is 0 Å². The van der Waals surface area contributed by atoms with E-state index in [4.69, 9.17) is 14.4 Å². The van der Waals surface area contributed by atoms with E-state index in [1.807, 2.05) is 18.2 Å². The lowest BCUT2D eigenvalue weighted by molar-refractivity contribution is -0.117. The number of carbonyl (C=O) groups is 1. The fourth-order valence-corrected chi connectivity index (χ4v) is 2.76. The largest absolute Gasteiger partial charge is 0.461 e. The third kappa shape index (κ3) is 3.40. The van der Waals surface area contributed by atoms with Crippen LogP contribution in [0.2, 0.25) is 0 Å². The summed E-state index contributed by atoms with van der Waals surface area (Å²) in [5.41, 5.74) is 0.0581. The zero-order valence-corrected chi connectivity index (χ0v) is 12.7. The van der Waals surface area contributed by atoms with E-state index in [1.54, 1.807) is 0 Å². The second-order valence-corrected chi connectivity index (χ2v) is 6.07. The topological polar surface area (TPSA) is 75.3 Å². The minimum absolute atomic E-state index is 0.0581. The number of ether oxygens (including phenoxy) is 1. The third-order valence-corrected chi connectivity index (χ3v) is 4.29. The zero-order chi connectivity index (χ0) is 15.5. The molecule has 1 N–H and O–H groups in total. The van der Waals surface area contributed by atoms with E-state index < -0.39 is 0 Å². The van der Waals surface area contributed by atoms with Gasteiger partial charge >= 0.3 is 0 Å². The van der Waals surface area contributed by atoms with E-state index in [9.17, 15) is 4.79 Å². The Morgan fingerprint density at radius 3 is 3.00 bits per heavy atom. The second-order valence-electron chi connectivity index (χ2n) is 6.07. The molecular formula is C17H20N2O3. The minimum Gasteiger partial charge on any atom is -0.461 e. The van der Waals surface area contributed by atoms with Crippen LogP contribution in [0, 0.1) is 17.2 Å². The summed E-state index contributed by atoms with van der Waals surface area (Å²) >= 11 is 0. The molecule has 0 aromatic carbocycles. The van der Waals surface area contributed by atoms with E-state index in [1.165, 1.54) is 6.08 Å². The summed E-state index contributed by atoms with van der Waals surface area (Å²) in [7, 11) is 0. The van der Waals surface area contributed by atoms with Gasteiger partial charge in [-0.2, -0.15) is 5.26 Å². The standard InChI is InChI=1S/C17H20N2O3/c1-11-7-15(11)16-5-4-13(22-16)8-12(9-18)17(20)19-10-14-3-2-6-21-14/h4-5,8,11,14-15H,2-3,6-7,10H2,1H3,(H,19,20)/b12-8+/t11-,14+,15+/m1/s1. The molecule has 2 heterocycles. The van der Waals surface area contributed by atoms with Crippen LogP contribution in [0.4, 0.5) is 0 Å². The average Bonchev–Trinajstić information content (AvgIpc) is 2.97. The number of rotatable bonds is 5. The highest BCUT2D eigenvalue weighted by Crippen LogP contribution is 2.47. The molecule has 2 fully saturated rings. The van der Waals surface area contributed by atoms with Crippen molar-refractivity contribution in [2.24, 2.45) is 5.92 Å². The van der Waals surface area contributed by atoms with Crippen molar-refractivity contribution < 1.29 is 13.9 Å². The van der Waals surface area contributed by atoms with Crippen LogP contribution in [-0.2, 0) is 9.53 Å². The van der Waals surface area contributed by atoms with Gasteiger partial charge in [0.25, 0.3) is 5.91 Å². The lowest BCUT2D eigenvalue weighted by Crippen LogP contribution is -2.32. The van der Waals surface area contributed by atoms with Gasteiger partial charge in [0.05, 0.1) is 6.10 Å². The van der Waals surface area contributed by atoms with Gasteiger partial charge in [-0.1, -0.05) is 6.92 Å². The van der Waals surface area contributed by atoms with Gasteiger partial charge in [-0.25, -0.2) is 0 Å². The van der Waals surface area contributed by atoms with Crippen LogP contribution >= 0.6 is 0 Å². The molecule has 22 heavy (non-hydrogen) atoms. The van der Waals surface area contributed by atoms with Gasteiger partial charge in [0, 0.05) is 25.1 Å². The lowest BCUT2D eigenvalue weighted by atomic mass is 10.2. The summed E-state index contributed by atoms with van der Waals surface area (Å²) in [6.45, 7) is 3.37. The maximum absolute atomic E-state index is 12.0. The van der Waals surface area contributed by atoms with Crippen LogP contribution in [0.1, 0.15) is 43.6 Å². The summed E-state index contributed by atoms with van der Waals surface area (Å²) in [6.07, 6.45) is 4.68. The van der Waals surface area contributed by atoms with E-state index >= 15 is 0 Å². The maximum atomic E-state index is 12.0. The molecule has 0 bridgehead atoms. The second kappa shape index (κ2) is 6.37. The molecule has 1 aromatic heterocycles. The number of carbonyl (C=O) groups excluding carboxylic acids is 1. The average molecular weight is 300 g/mol. The van der Waals surface area contributed by atoms with Crippen LogP contribution in [0.5, 0.6) is 0 Å². The molecule has 0 unspecified atom stereocenters. The molecule has 116 valence electrons. The van der Waals surface area contributed by atoms with Crippen molar-refractivity contribution in [2.45, 2.75) is 38.2 Å².